The van der Waals surface area contributed by atoms with Crippen molar-refractivity contribution in [2.75, 3.05) is 21.3 Å². The predicted octanol–water partition coefficient (Wildman–Crippen LogP) is 3.87. The lowest BCUT2D eigenvalue weighted by Gasteiger charge is -2.07. The Kier molecular flexibility index (Phi) is 4.81. The van der Waals surface area contributed by atoms with Crippen LogP contribution in [0.3, 0.4) is 0 Å². The quantitative estimate of drug-likeness (QED) is 0.514. The SMILES string of the molecule is COc1ccc(-c2nc(-n3cnc4cc(OC)c(OC)cc43)sc2C(=O)O)cc1. The lowest BCUT2D eigenvalue weighted by Crippen LogP contribution is -1.95. The number of methoxy groups -OCH3 is 3. The number of fused-ring (bicyclic) bond motifs is 1. The van der Waals surface area contributed by atoms with Gasteiger partial charge in [0.25, 0.3) is 0 Å². The molecule has 0 spiro atoms. The van der Waals surface area contributed by atoms with Gasteiger partial charge in [0.15, 0.2) is 16.6 Å². The number of rotatable bonds is 6. The van der Waals surface area contributed by atoms with E-state index in [1.54, 1.807) is 68.6 Å². The van der Waals surface area contributed by atoms with Crippen LogP contribution in [0.25, 0.3) is 27.4 Å². The summed E-state index contributed by atoms with van der Waals surface area (Å²) in [5, 5.41) is 10.2. The summed E-state index contributed by atoms with van der Waals surface area (Å²) in [5.41, 5.74) is 2.49. The molecule has 2 aromatic heterocycles. The van der Waals surface area contributed by atoms with Gasteiger partial charge in [-0.15, -0.1) is 0 Å². The molecule has 148 valence electrons. The maximum absolute atomic E-state index is 11.8. The highest BCUT2D eigenvalue weighted by atomic mass is 32.1. The predicted molar refractivity (Wildman–Crippen MR) is 109 cm³/mol. The molecule has 0 aliphatic heterocycles. The van der Waals surface area contributed by atoms with Gasteiger partial charge in [0.2, 0.25) is 0 Å². The molecule has 1 N–H and O–H groups in total. The third kappa shape index (κ3) is 3.25. The highest BCUT2D eigenvalue weighted by Crippen LogP contribution is 2.35. The van der Waals surface area contributed by atoms with Crippen molar-refractivity contribution in [1.82, 2.24) is 14.5 Å². The van der Waals surface area contributed by atoms with Gasteiger partial charge in [-0.2, -0.15) is 0 Å². The highest BCUT2D eigenvalue weighted by Gasteiger charge is 2.21. The summed E-state index contributed by atoms with van der Waals surface area (Å²) in [5.74, 6) is 0.757. The number of hydrogen-bond donors (Lipinski definition) is 1. The molecule has 0 aliphatic carbocycles. The zero-order valence-corrected chi connectivity index (χ0v) is 16.7. The van der Waals surface area contributed by atoms with E-state index in [0.717, 1.165) is 16.9 Å². The van der Waals surface area contributed by atoms with Crippen molar-refractivity contribution in [2.24, 2.45) is 0 Å². The molecule has 9 heteroatoms. The summed E-state index contributed by atoms with van der Waals surface area (Å²) in [4.78, 5) is 21.0. The van der Waals surface area contributed by atoms with E-state index in [2.05, 4.69) is 9.97 Å². The Balaban J connectivity index is 1.86. The van der Waals surface area contributed by atoms with Crippen LogP contribution in [-0.4, -0.2) is 46.9 Å². The number of carbonyl (C=O) groups is 1. The second-order valence-electron chi connectivity index (χ2n) is 6.02. The Hall–Kier alpha value is -3.59. The van der Waals surface area contributed by atoms with E-state index in [4.69, 9.17) is 14.2 Å². The third-order valence-electron chi connectivity index (χ3n) is 4.43. The monoisotopic (exact) mass is 411 g/mol. The molecule has 29 heavy (non-hydrogen) atoms. The molecular weight excluding hydrogens is 394 g/mol. The number of aromatic nitrogens is 3. The van der Waals surface area contributed by atoms with Crippen molar-refractivity contribution in [3.05, 3.63) is 47.6 Å². The zero-order valence-electron chi connectivity index (χ0n) is 15.9. The molecule has 0 bridgehead atoms. The van der Waals surface area contributed by atoms with Crippen LogP contribution in [0.5, 0.6) is 17.2 Å². The summed E-state index contributed by atoms with van der Waals surface area (Å²) in [7, 11) is 4.69. The normalized spacial score (nSPS) is 10.9. The molecule has 0 saturated heterocycles. The largest absolute Gasteiger partial charge is 0.497 e. The smallest absolute Gasteiger partial charge is 0.348 e. The van der Waals surface area contributed by atoms with Crippen LogP contribution in [0.15, 0.2) is 42.7 Å². The molecule has 0 aliphatic rings. The number of aromatic carboxylic acids is 1. The summed E-state index contributed by atoms with van der Waals surface area (Å²) < 4.78 is 17.6. The summed E-state index contributed by atoms with van der Waals surface area (Å²) in [6.45, 7) is 0. The number of ether oxygens (including phenoxy) is 3. The first-order valence-corrected chi connectivity index (χ1v) is 9.35. The standard InChI is InChI=1S/C20H17N3O5S/c1-26-12-6-4-11(5-7-12)17-18(19(24)25)29-20(22-17)23-10-21-13-8-15(27-2)16(28-3)9-14(13)23/h4-10H,1-3H3,(H,24,25). The van der Waals surface area contributed by atoms with Crippen LogP contribution in [0.1, 0.15) is 9.67 Å². The van der Waals surface area contributed by atoms with Crippen molar-refractivity contribution in [3.63, 3.8) is 0 Å². The van der Waals surface area contributed by atoms with Crippen LogP contribution in [0.4, 0.5) is 0 Å². The lowest BCUT2D eigenvalue weighted by molar-refractivity contribution is 0.0702. The second-order valence-corrected chi connectivity index (χ2v) is 7.00. The molecule has 8 nitrogen and oxygen atoms in total. The number of hydrogen-bond acceptors (Lipinski definition) is 7. The minimum absolute atomic E-state index is 0.146. The summed E-state index contributed by atoms with van der Waals surface area (Å²) in [6, 6.07) is 10.7. The molecule has 4 rings (SSSR count). The van der Waals surface area contributed by atoms with Crippen LogP contribution >= 0.6 is 11.3 Å². The Bertz CT molecular complexity index is 1200. The van der Waals surface area contributed by atoms with Gasteiger partial charge < -0.3 is 19.3 Å². The van der Waals surface area contributed by atoms with Gasteiger partial charge in [0.1, 0.15) is 17.0 Å². The fourth-order valence-corrected chi connectivity index (χ4v) is 3.90. The fraction of sp³-hybridized carbons (Fsp3) is 0.150. The van der Waals surface area contributed by atoms with Gasteiger partial charge in [-0.3, -0.25) is 4.57 Å². The van der Waals surface area contributed by atoms with E-state index in [1.807, 2.05) is 0 Å². The maximum atomic E-state index is 11.8. The first kappa shape index (κ1) is 18.8. The Labute approximate surface area is 169 Å². The van der Waals surface area contributed by atoms with Crippen molar-refractivity contribution < 1.29 is 24.1 Å². The van der Waals surface area contributed by atoms with E-state index in [9.17, 15) is 9.90 Å². The molecule has 0 atom stereocenters. The Morgan fingerprint density at radius 3 is 2.34 bits per heavy atom. The summed E-state index contributed by atoms with van der Waals surface area (Å²) in [6.07, 6.45) is 1.60. The van der Waals surface area contributed by atoms with Gasteiger partial charge in [0, 0.05) is 17.7 Å². The minimum atomic E-state index is -1.04. The minimum Gasteiger partial charge on any atom is -0.497 e. The van der Waals surface area contributed by atoms with E-state index < -0.39 is 5.97 Å². The average Bonchev–Trinajstić information content (AvgIpc) is 3.36. The van der Waals surface area contributed by atoms with Gasteiger partial charge in [-0.25, -0.2) is 14.8 Å². The number of carboxylic acid groups (broad SMARTS) is 1. The van der Waals surface area contributed by atoms with E-state index >= 15 is 0 Å². The number of thiazole rings is 1. The van der Waals surface area contributed by atoms with Crippen molar-refractivity contribution in [2.45, 2.75) is 0 Å². The molecule has 0 fully saturated rings. The molecule has 0 saturated carbocycles. The van der Waals surface area contributed by atoms with Crippen molar-refractivity contribution >= 4 is 28.3 Å². The third-order valence-corrected chi connectivity index (χ3v) is 5.47. The van der Waals surface area contributed by atoms with Crippen molar-refractivity contribution in [3.8, 4) is 33.6 Å². The topological polar surface area (TPSA) is 95.7 Å². The summed E-state index contributed by atoms with van der Waals surface area (Å²) >= 11 is 1.08. The molecular formula is C20H17N3O5S. The fourth-order valence-electron chi connectivity index (χ4n) is 2.99. The number of nitrogens with zero attached hydrogens (tertiary/aromatic N) is 3. The second kappa shape index (κ2) is 7.44. The van der Waals surface area contributed by atoms with Gasteiger partial charge in [0.05, 0.1) is 38.1 Å². The molecule has 0 radical (unpaired) electrons. The van der Waals surface area contributed by atoms with Crippen LogP contribution in [0, 0.1) is 0 Å². The number of benzene rings is 2. The first-order valence-electron chi connectivity index (χ1n) is 8.53. The first-order chi connectivity index (χ1) is 14.0. The molecule has 0 amide bonds. The Morgan fingerprint density at radius 1 is 1.03 bits per heavy atom. The van der Waals surface area contributed by atoms with Gasteiger partial charge >= 0.3 is 5.97 Å². The highest BCUT2D eigenvalue weighted by molar-refractivity contribution is 7.16. The lowest BCUT2D eigenvalue weighted by atomic mass is 10.1. The van der Waals surface area contributed by atoms with E-state index in [1.165, 1.54) is 0 Å². The van der Waals surface area contributed by atoms with E-state index in [0.29, 0.717) is 39.2 Å². The maximum Gasteiger partial charge on any atom is 0.348 e. The van der Waals surface area contributed by atoms with Gasteiger partial charge in [-0.1, -0.05) is 11.3 Å². The van der Waals surface area contributed by atoms with Crippen LogP contribution in [-0.2, 0) is 0 Å². The molecule has 2 heterocycles. The van der Waals surface area contributed by atoms with Crippen LogP contribution < -0.4 is 14.2 Å². The van der Waals surface area contributed by atoms with Crippen molar-refractivity contribution in [1.29, 1.82) is 0 Å². The zero-order chi connectivity index (χ0) is 20.5. The average molecular weight is 411 g/mol. The number of carboxylic acids is 1. The molecule has 0 unspecified atom stereocenters. The molecule has 2 aromatic carbocycles. The number of imidazole rings is 1. The van der Waals surface area contributed by atoms with Crippen LogP contribution in [0.2, 0.25) is 0 Å². The van der Waals surface area contributed by atoms with E-state index in [-0.39, 0.29) is 4.88 Å². The van der Waals surface area contributed by atoms with Gasteiger partial charge in [-0.05, 0) is 24.3 Å². The molecule has 4 aromatic rings. The Morgan fingerprint density at radius 2 is 1.72 bits per heavy atom.